The Labute approximate surface area is 120 Å². The van der Waals surface area contributed by atoms with Gasteiger partial charge >= 0.3 is 11.9 Å². The van der Waals surface area contributed by atoms with Crippen LogP contribution in [0.2, 0.25) is 0 Å². The monoisotopic (exact) mass is 290 g/mol. The lowest BCUT2D eigenvalue weighted by Gasteiger charge is -2.31. The van der Waals surface area contributed by atoms with Gasteiger partial charge in [0.1, 0.15) is 22.8 Å². The zero-order valence-electron chi connectivity index (χ0n) is 10.9. The fourth-order valence-corrected chi connectivity index (χ4v) is 2.34. The molecule has 0 radical (unpaired) electrons. The second kappa shape index (κ2) is 5.41. The van der Waals surface area contributed by atoms with Crippen LogP contribution in [0.3, 0.4) is 0 Å². The number of carboxylic acids is 2. The van der Waals surface area contributed by atoms with Crippen molar-refractivity contribution >= 4 is 11.9 Å². The van der Waals surface area contributed by atoms with E-state index in [-0.39, 0.29) is 17.5 Å². The molecule has 0 bridgehead atoms. The molecule has 4 N–H and O–H groups in total. The minimum absolute atomic E-state index is 0.170. The highest BCUT2D eigenvalue weighted by Gasteiger charge is 2.39. The molecule has 0 amide bonds. The van der Waals surface area contributed by atoms with Gasteiger partial charge in [-0.1, -0.05) is 36.4 Å². The van der Waals surface area contributed by atoms with Crippen molar-refractivity contribution in [2.24, 2.45) is 5.92 Å². The van der Waals surface area contributed by atoms with Crippen molar-refractivity contribution in [2.75, 3.05) is 0 Å². The third-order valence-corrected chi connectivity index (χ3v) is 3.43. The molecule has 1 aromatic rings. The summed E-state index contributed by atoms with van der Waals surface area (Å²) in [5.41, 5.74) is -1.85. The molecule has 0 aromatic heterocycles. The molecule has 0 aliphatic heterocycles. The summed E-state index contributed by atoms with van der Waals surface area (Å²) < 4.78 is 0. The van der Waals surface area contributed by atoms with E-state index in [1.54, 1.807) is 0 Å². The number of hydrogen-bond donors (Lipinski definition) is 4. The van der Waals surface area contributed by atoms with E-state index >= 15 is 0 Å². The largest absolute Gasteiger partial charge is 0.507 e. The number of para-hydroxylation sites is 1. The van der Waals surface area contributed by atoms with E-state index in [1.807, 2.05) is 0 Å². The fraction of sp³-hybridized carbons (Fsp3) is 0.200. The van der Waals surface area contributed by atoms with E-state index in [0.717, 1.165) is 0 Å². The third kappa shape index (κ3) is 2.80. The molecule has 2 rings (SSSR count). The number of hydrogen-bond acceptors (Lipinski definition) is 4. The molecule has 0 saturated heterocycles. The zero-order valence-corrected chi connectivity index (χ0v) is 10.9. The first-order chi connectivity index (χ1) is 9.85. The Balaban J connectivity index is 2.39. The maximum Gasteiger partial charge on any atom is 0.339 e. The summed E-state index contributed by atoms with van der Waals surface area (Å²) in [4.78, 5) is 22.2. The highest BCUT2D eigenvalue weighted by Crippen LogP contribution is 2.33. The molecule has 21 heavy (non-hydrogen) atoms. The first-order valence-electron chi connectivity index (χ1n) is 6.20. The van der Waals surface area contributed by atoms with E-state index in [1.165, 1.54) is 42.5 Å². The van der Waals surface area contributed by atoms with Crippen molar-refractivity contribution in [3.8, 4) is 5.75 Å². The van der Waals surface area contributed by atoms with Gasteiger partial charge in [0.25, 0.3) is 0 Å². The fourth-order valence-electron chi connectivity index (χ4n) is 2.34. The molecule has 0 fully saturated rings. The van der Waals surface area contributed by atoms with E-state index in [2.05, 4.69) is 0 Å². The van der Waals surface area contributed by atoms with Crippen molar-refractivity contribution < 1.29 is 30.0 Å². The van der Waals surface area contributed by atoms with Crippen molar-refractivity contribution in [3.05, 3.63) is 53.6 Å². The third-order valence-electron chi connectivity index (χ3n) is 3.43. The predicted molar refractivity (Wildman–Crippen MR) is 73.1 cm³/mol. The average molecular weight is 290 g/mol. The van der Waals surface area contributed by atoms with Crippen LogP contribution in [-0.2, 0) is 11.2 Å². The zero-order chi connectivity index (χ0) is 15.6. The topological polar surface area (TPSA) is 115 Å². The summed E-state index contributed by atoms with van der Waals surface area (Å²) in [6.45, 7) is 0. The molecule has 6 nitrogen and oxygen atoms in total. The number of carbonyl (C=O) groups is 2. The second-order valence-electron chi connectivity index (χ2n) is 4.85. The van der Waals surface area contributed by atoms with Gasteiger partial charge in [0.05, 0.1) is 0 Å². The molecule has 0 heterocycles. The van der Waals surface area contributed by atoms with E-state index in [0.29, 0.717) is 0 Å². The van der Waals surface area contributed by atoms with Crippen molar-refractivity contribution in [1.29, 1.82) is 0 Å². The van der Waals surface area contributed by atoms with Crippen LogP contribution in [-0.4, -0.2) is 38.0 Å². The number of aromatic hydroxyl groups is 1. The van der Waals surface area contributed by atoms with E-state index in [4.69, 9.17) is 10.2 Å². The lowest BCUT2D eigenvalue weighted by molar-refractivity contribution is -0.146. The lowest BCUT2D eigenvalue weighted by Crippen LogP contribution is -2.42. The van der Waals surface area contributed by atoms with Crippen molar-refractivity contribution in [3.63, 3.8) is 0 Å². The molecular weight excluding hydrogens is 276 g/mol. The maximum atomic E-state index is 11.2. The number of phenols is 1. The molecule has 110 valence electrons. The Bertz CT molecular complexity index is 646. The summed E-state index contributed by atoms with van der Waals surface area (Å²) in [7, 11) is 0. The number of benzene rings is 1. The normalized spacial score (nSPS) is 24.0. The number of aliphatic hydroxyl groups is 1. The molecule has 6 heteroatoms. The number of carboxylic acid groups (broad SMARTS) is 2. The molecule has 1 aliphatic rings. The molecule has 1 aromatic carbocycles. The highest BCUT2D eigenvalue weighted by atomic mass is 16.4. The summed E-state index contributed by atoms with van der Waals surface area (Å²) >= 11 is 0. The van der Waals surface area contributed by atoms with E-state index < -0.39 is 29.2 Å². The van der Waals surface area contributed by atoms with Crippen LogP contribution in [0.15, 0.2) is 42.5 Å². The Morgan fingerprint density at radius 3 is 2.52 bits per heavy atom. The van der Waals surface area contributed by atoms with Crippen LogP contribution in [0.1, 0.15) is 15.9 Å². The molecule has 0 spiro atoms. The van der Waals surface area contributed by atoms with Gasteiger partial charge in [0.2, 0.25) is 0 Å². The molecule has 2 atom stereocenters. The smallest absolute Gasteiger partial charge is 0.339 e. The average Bonchev–Trinajstić information content (AvgIpc) is 2.40. The van der Waals surface area contributed by atoms with Crippen LogP contribution in [0.5, 0.6) is 5.75 Å². The maximum absolute atomic E-state index is 11.2. The standard InChI is InChI=1S/C15H14O6/c16-12-9(4-3-5-10(12)13(17)18)8-15(21)7-2-1-6-11(15)14(19)20/h1-7,11,16,21H,8H2,(H,17,18)(H,19,20). The van der Waals surface area contributed by atoms with Gasteiger partial charge in [0, 0.05) is 6.42 Å². The van der Waals surface area contributed by atoms with Gasteiger partial charge in [-0.25, -0.2) is 4.79 Å². The Kier molecular flexibility index (Phi) is 3.82. The van der Waals surface area contributed by atoms with Crippen molar-refractivity contribution in [2.45, 2.75) is 12.0 Å². The minimum atomic E-state index is -1.73. The van der Waals surface area contributed by atoms with Crippen LogP contribution in [0, 0.1) is 5.92 Å². The molecule has 0 saturated carbocycles. The van der Waals surface area contributed by atoms with Crippen LogP contribution >= 0.6 is 0 Å². The van der Waals surface area contributed by atoms with Crippen LogP contribution in [0.4, 0.5) is 0 Å². The number of aliphatic carboxylic acids is 1. The number of allylic oxidation sites excluding steroid dienone is 2. The van der Waals surface area contributed by atoms with Crippen LogP contribution in [0.25, 0.3) is 0 Å². The minimum Gasteiger partial charge on any atom is -0.507 e. The van der Waals surface area contributed by atoms with Gasteiger partial charge < -0.3 is 20.4 Å². The van der Waals surface area contributed by atoms with Gasteiger partial charge in [-0.15, -0.1) is 0 Å². The number of rotatable bonds is 4. The van der Waals surface area contributed by atoms with Crippen LogP contribution < -0.4 is 0 Å². The predicted octanol–water partition coefficient (Wildman–Crippen LogP) is 1.19. The summed E-state index contributed by atoms with van der Waals surface area (Å²) in [5.74, 6) is -4.14. The lowest BCUT2D eigenvalue weighted by atomic mass is 9.79. The second-order valence-corrected chi connectivity index (χ2v) is 4.85. The Morgan fingerprint density at radius 1 is 1.19 bits per heavy atom. The SMILES string of the molecule is O=C(O)c1cccc(CC2(O)C=CC=CC2C(=O)O)c1O. The van der Waals surface area contributed by atoms with Gasteiger partial charge in [-0.3, -0.25) is 4.79 Å². The Morgan fingerprint density at radius 2 is 1.90 bits per heavy atom. The highest BCUT2D eigenvalue weighted by molar-refractivity contribution is 5.91. The van der Waals surface area contributed by atoms with E-state index in [9.17, 15) is 19.8 Å². The van der Waals surface area contributed by atoms with Gasteiger partial charge in [-0.2, -0.15) is 0 Å². The molecule has 2 unspecified atom stereocenters. The molecule has 1 aliphatic carbocycles. The van der Waals surface area contributed by atoms with Crippen molar-refractivity contribution in [1.82, 2.24) is 0 Å². The van der Waals surface area contributed by atoms with Gasteiger partial charge in [0.15, 0.2) is 0 Å². The van der Waals surface area contributed by atoms with Gasteiger partial charge in [-0.05, 0) is 11.6 Å². The number of aromatic carboxylic acids is 1. The summed E-state index contributed by atoms with van der Waals surface area (Å²) in [6, 6.07) is 4.11. The quantitative estimate of drug-likeness (QED) is 0.662. The first kappa shape index (κ1) is 14.8. The Hall–Kier alpha value is -2.60. The molecular formula is C15H14O6. The summed E-state index contributed by atoms with van der Waals surface area (Å²) in [6.07, 6.45) is 5.50. The summed E-state index contributed by atoms with van der Waals surface area (Å²) in [5, 5.41) is 38.6. The first-order valence-corrected chi connectivity index (χ1v) is 6.20.